The first kappa shape index (κ1) is 13.6. The van der Waals surface area contributed by atoms with Crippen molar-refractivity contribution >= 4 is 11.4 Å². The number of rotatable bonds is 4. The second-order valence-corrected chi connectivity index (χ2v) is 5.79. The smallest absolute Gasteiger partial charge is 0.199 e. The van der Waals surface area contributed by atoms with Gasteiger partial charge in [-0.25, -0.2) is 0 Å². The number of nitrogens with one attached hydrogen (secondary N) is 1. The molecule has 1 unspecified atom stereocenters. The number of hydrogen-bond donors (Lipinski definition) is 2. The van der Waals surface area contributed by atoms with Crippen LogP contribution in [0.15, 0.2) is 18.2 Å². The van der Waals surface area contributed by atoms with E-state index in [9.17, 15) is 0 Å². The molecule has 1 saturated carbocycles. The van der Waals surface area contributed by atoms with Crippen molar-refractivity contribution in [1.29, 1.82) is 0 Å². The van der Waals surface area contributed by atoms with E-state index < -0.39 is 0 Å². The molecule has 0 aromatic heterocycles. The maximum Gasteiger partial charge on any atom is 0.199 e. The number of benzene rings is 1. The van der Waals surface area contributed by atoms with Crippen LogP contribution < -0.4 is 15.8 Å². The van der Waals surface area contributed by atoms with Crippen LogP contribution >= 0.6 is 0 Å². The van der Waals surface area contributed by atoms with Gasteiger partial charge >= 0.3 is 0 Å². The average Bonchev–Trinajstić information content (AvgIpc) is 2.97. The lowest BCUT2D eigenvalue weighted by Crippen LogP contribution is -2.25. The predicted molar refractivity (Wildman–Crippen MR) is 81.0 cm³/mol. The van der Waals surface area contributed by atoms with Gasteiger partial charge in [-0.1, -0.05) is 12.8 Å². The van der Waals surface area contributed by atoms with E-state index in [4.69, 9.17) is 15.2 Å². The van der Waals surface area contributed by atoms with Gasteiger partial charge in [-0.3, -0.25) is 0 Å². The standard InChI is InChI=1S/C16H24N2O2/c17-14-9-8-13(20-16-7-3-4-10-19-16)11-15(14)18-12-5-1-2-6-12/h8-9,11-12,16,18H,1-7,10,17H2. The zero-order valence-corrected chi connectivity index (χ0v) is 11.9. The molecule has 4 heteroatoms. The topological polar surface area (TPSA) is 56.5 Å². The van der Waals surface area contributed by atoms with Crippen molar-refractivity contribution in [1.82, 2.24) is 0 Å². The van der Waals surface area contributed by atoms with Crippen LogP contribution in [0.2, 0.25) is 0 Å². The van der Waals surface area contributed by atoms with Gasteiger partial charge in [0.25, 0.3) is 0 Å². The monoisotopic (exact) mass is 276 g/mol. The fourth-order valence-corrected chi connectivity index (χ4v) is 2.98. The van der Waals surface area contributed by atoms with Crippen molar-refractivity contribution in [3.05, 3.63) is 18.2 Å². The third kappa shape index (κ3) is 3.37. The summed E-state index contributed by atoms with van der Waals surface area (Å²) in [5.74, 6) is 0.839. The zero-order valence-electron chi connectivity index (χ0n) is 11.9. The molecule has 1 aromatic rings. The molecule has 1 aliphatic heterocycles. The van der Waals surface area contributed by atoms with Crippen molar-refractivity contribution in [2.24, 2.45) is 0 Å². The molecule has 1 aliphatic carbocycles. The molecule has 2 aliphatic rings. The SMILES string of the molecule is Nc1ccc(OC2CCCCO2)cc1NC1CCCC1. The molecule has 20 heavy (non-hydrogen) atoms. The summed E-state index contributed by atoms with van der Waals surface area (Å²) in [7, 11) is 0. The Morgan fingerprint density at radius 3 is 2.65 bits per heavy atom. The summed E-state index contributed by atoms with van der Waals surface area (Å²) in [6.45, 7) is 0.798. The lowest BCUT2D eigenvalue weighted by Gasteiger charge is -2.24. The second-order valence-electron chi connectivity index (χ2n) is 5.79. The molecule has 1 heterocycles. The first-order valence-corrected chi connectivity index (χ1v) is 7.75. The minimum absolute atomic E-state index is 0.105. The van der Waals surface area contributed by atoms with Crippen molar-refractivity contribution in [2.75, 3.05) is 17.7 Å². The molecular weight excluding hydrogens is 252 g/mol. The molecule has 0 radical (unpaired) electrons. The first-order chi connectivity index (χ1) is 9.81. The van der Waals surface area contributed by atoms with Crippen molar-refractivity contribution < 1.29 is 9.47 Å². The minimum atomic E-state index is -0.105. The average molecular weight is 276 g/mol. The number of nitrogens with two attached hydrogens (primary N) is 1. The largest absolute Gasteiger partial charge is 0.465 e. The highest BCUT2D eigenvalue weighted by atomic mass is 16.7. The summed E-state index contributed by atoms with van der Waals surface area (Å²) < 4.78 is 11.5. The molecule has 1 aromatic carbocycles. The van der Waals surface area contributed by atoms with Gasteiger partial charge in [0.2, 0.25) is 0 Å². The van der Waals surface area contributed by atoms with Crippen LogP contribution in [0, 0.1) is 0 Å². The molecule has 0 bridgehead atoms. The molecule has 110 valence electrons. The molecule has 3 rings (SSSR count). The molecule has 2 fully saturated rings. The van der Waals surface area contributed by atoms with E-state index in [0.717, 1.165) is 36.6 Å². The van der Waals surface area contributed by atoms with E-state index in [1.54, 1.807) is 0 Å². The highest BCUT2D eigenvalue weighted by molar-refractivity contribution is 5.68. The maximum absolute atomic E-state index is 6.05. The number of hydrogen-bond acceptors (Lipinski definition) is 4. The Hall–Kier alpha value is -1.42. The Labute approximate surface area is 120 Å². The number of ether oxygens (including phenoxy) is 2. The summed E-state index contributed by atoms with van der Waals surface area (Å²) in [5.41, 5.74) is 7.83. The Bertz CT molecular complexity index is 438. The van der Waals surface area contributed by atoms with Crippen molar-refractivity contribution in [2.45, 2.75) is 57.3 Å². The Kier molecular flexibility index (Phi) is 4.31. The maximum atomic E-state index is 6.05. The van der Waals surface area contributed by atoms with Crippen LogP contribution in [0.3, 0.4) is 0 Å². The number of anilines is 2. The van der Waals surface area contributed by atoms with E-state index in [-0.39, 0.29) is 6.29 Å². The first-order valence-electron chi connectivity index (χ1n) is 7.75. The highest BCUT2D eigenvalue weighted by Gasteiger charge is 2.18. The van der Waals surface area contributed by atoms with Crippen molar-refractivity contribution in [3.8, 4) is 5.75 Å². The van der Waals surface area contributed by atoms with Gasteiger partial charge in [0, 0.05) is 18.5 Å². The molecular formula is C16H24N2O2. The normalized spacial score (nSPS) is 23.7. The van der Waals surface area contributed by atoms with Gasteiger partial charge in [0.15, 0.2) is 6.29 Å². The van der Waals surface area contributed by atoms with E-state index in [2.05, 4.69) is 5.32 Å². The summed E-state index contributed by atoms with van der Waals surface area (Å²) in [4.78, 5) is 0. The second kappa shape index (κ2) is 6.35. The molecule has 3 N–H and O–H groups in total. The lowest BCUT2D eigenvalue weighted by atomic mass is 10.2. The molecule has 1 atom stereocenters. The van der Waals surface area contributed by atoms with Gasteiger partial charge in [0.1, 0.15) is 5.75 Å². The Morgan fingerprint density at radius 2 is 1.90 bits per heavy atom. The molecule has 0 spiro atoms. The lowest BCUT2D eigenvalue weighted by molar-refractivity contribution is -0.105. The quantitative estimate of drug-likeness (QED) is 0.826. The third-order valence-corrected chi connectivity index (χ3v) is 4.14. The van der Waals surface area contributed by atoms with E-state index in [1.165, 1.54) is 32.1 Å². The van der Waals surface area contributed by atoms with Crippen molar-refractivity contribution in [3.63, 3.8) is 0 Å². The van der Waals surface area contributed by atoms with E-state index in [1.807, 2.05) is 18.2 Å². The van der Waals surface area contributed by atoms with Crippen LogP contribution in [0.25, 0.3) is 0 Å². The number of nitrogen functional groups attached to an aromatic ring is 1. The summed E-state index contributed by atoms with van der Waals surface area (Å²) in [6, 6.07) is 6.40. The van der Waals surface area contributed by atoms with Crippen LogP contribution in [-0.2, 0) is 4.74 Å². The van der Waals surface area contributed by atoms with Gasteiger partial charge in [-0.15, -0.1) is 0 Å². The minimum Gasteiger partial charge on any atom is -0.465 e. The van der Waals surface area contributed by atoms with Gasteiger partial charge in [0.05, 0.1) is 18.0 Å². The van der Waals surface area contributed by atoms with Gasteiger partial charge < -0.3 is 20.5 Å². The van der Waals surface area contributed by atoms with Crippen LogP contribution in [-0.4, -0.2) is 18.9 Å². The predicted octanol–water partition coefficient (Wildman–Crippen LogP) is 3.53. The van der Waals surface area contributed by atoms with Crippen LogP contribution in [0.5, 0.6) is 5.75 Å². The summed E-state index contributed by atoms with van der Waals surface area (Å²) in [6.07, 6.45) is 8.25. The van der Waals surface area contributed by atoms with Gasteiger partial charge in [-0.2, -0.15) is 0 Å². The molecule has 1 saturated heterocycles. The molecule has 4 nitrogen and oxygen atoms in total. The Morgan fingerprint density at radius 1 is 1.10 bits per heavy atom. The Balaban J connectivity index is 1.65. The highest BCUT2D eigenvalue weighted by Crippen LogP contribution is 2.30. The summed E-state index contributed by atoms with van der Waals surface area (Å²) >= 11 is 0. The fraction of sp³-hybridized carbons (Fsp3) is 0.625. The van der Waals surface area contributed by atoms with Gasteiger partial charge in [-0.05, 0) is 37.8 Å². The fourth-order valence-electron chi connectivity index (χ4n) is 2.98. The van der Waals surface area contributed by atoms with Crippen LogP contribution in [0.4, 0.5) is 11.4 Å². The molecule has 0 amide bonds. The van der Waals surface area contributed by atoms with E-state index >= 15 is 0 Å². The summed E-state index contributed by atoms with van der Waals surface area (Å²) in [5, 5.41) is 3.54. The third-order valence-electron chi connectivity index (χ3n) is 4.14. The van der Waals surface area contributed by atoms with Crippen LogP contribution in [0.1, 0.15) is 44.9 Å². The zero-order chi connectivity index (χ0) is 13.8. The van der Waals surface area contributed by atoms with E-state index in [0.29, 0.717) is 6.04 Å².